The molecule has 1 aliphatic rings. The Morgan fingerprint density at radius 2 is 2.00 bits per heavy atom. The van der Waals surface area contributed by atoms with E-state index in [1.165, 1.54) is 6.92 Å². The van der Waals surface area contributed by atoms with Gasteiger partial charge in [0.05, 0.1) is 5.56 Å². The number of hydrogen-bond donors (Lipinski definition) is 1. The van der Waals surface area contributed by atoms with Gasteiger partial charge in [0.15, 0.2) is 0 Å². The number of nitrogens with zero attached hydrogens (tertiary/aromatic N) is 1. The molecule has 1 amide bonds. The summed E-state index contributed by atoms with van der Waals surface area (Å²) in [5.41, 5.74) is -1.66. The number of carboxylic acids is 1. The van der Waals surface area contributed by atoms with Crippen molar-refractivity contribution in [1.82, 2.24) is 4.90 Å². The van der Waals surface area contributed by atoms with Crippen molar-refractivity contribution in [3.8, 4) is 0 Å². The number of carboxylic acid groups (broad SMARTS) is 1. The first-order valence-electron chi connectivity index (χ1n) is 6.36. The number of aliphatic carboxylic acids is 1. The first kappa shape index (κ1) is 14.4. The molecule has 1 aromatic carbocycles. The highest BCUT2D eigenvalue weighted by molar-refractivity contribution is 5.98. The van der Waals surface area contributed by atoms with E-state index in [0.29, 0.717) is 25.3 Å². The van der Waals surface area contributed by atoms with Gasteiger partial charge in [-0.05, 0) is 38.3 Å². The third-order valence-corrected chi connectivity index (χ3v) is 3.76. The molecule has 0 aromatic heterocycles. The minimum absolute atomic E-state index is 0.248. The van der Waals surface area contributed by atoms with Crippen LogP contribution in [0.4, 0.5) is 8.78 Å². The zero-order chi connectivity index (χ0) is 14.9. The molecule has 6 heteroatoms. The van der Waals surface area contributed by atoms with Crippen LogP contribution >= 0.6 is 0 Å². The number of piperidine rings is 1. The van der Waals surface area contributed by atoms with Gasteiger partial charge in [-0.3, -0.25) is 4.79 Å². The van der Waals surface area contributed by atoms with Crippen LogP contribution in [0.25, 0.3) is 0 Å². The summed E-state index contributed by atoms with van der Waals surface area (Å²) >= 11 is 0. The molecule has 1 atom stereocenters. The fourth-order valence-corrected chi connectivity index (χ4v) is 2.48. The van der Waals surface area contributed by atoms with Crippen LogP contribution in [0, 0.1) is 11.6 Å². The van der Waals surface area contributed by atoms with Gasteiger partial charge < -0.3 is 10.0 Å². The Hall–Kier alpha value is -1.98. The van der Waals surface area contributed by atoms with Crippen LogP contribution in [-0.4, -0.2) is 34.0 Å². The smallest absolute Gasteiger partial charge is 0.329 e. The third kappa shape index (κ3) is 2.37. The second-order valence-corrected chi connectivity index (χ2v) is 5.12. The molecular weight excluding hydrogens is 268 g/mol. The lowest BCUT2D eigenvalue weighted by Crippen LogP contribution is -2.57. The summed E-state index contributed by atoms with van der Waals surface area (Å²) in [6, 6.07) is 2.65. The topological polar surface area (TPSA) is 57.6 Å². The van der Waals surface area contributed by atoms with E-state index in [-0.39, 0.29) is 12.1 Å². The number of carbonyl (C=O) groups excluding carboxylic acids is 1. The molecule has 1 aliphatic heterocycles. The Morgan fingerprint density at radius 1 is 1.30 bits per heavy atom. The average Bonchev–Trinajstić information content (AvgIpc) is 2.38. The summed E-state index contributed by atoms with van der Waals surface area (Å²) in [5.74, 6) is -3.59. The predicted molar refractivity (Wildman–Crippen MR) is 67.3 cm³/mol. The summed E-state index contributed by atoms with van der Waals surface area (Å²) < 4.78 is 26.5. The van der Waals surface area contributed by atoms with E-state index < -0.39 is 29.0 Å². The van der Waals surface area contributed by atoms with Gasteiger partial charge in [-0.25, -0.2) is 13.6 Å². The molecule has 1 unspecified atom stereocenters. The first-order chi connectivity index (χ1) is 9.36. The second kappa shape index (κ2) is 5.19. The van der Waals surface area contributed by atoms with Crippen LogP contribution < -0.4 is 0 Å². The van der Waals surface area contributed by atoms with E-state index in [1.807, 2.05) is 0 Å². The van der Waals surface area contributed by atoms with Gasteiger partial charge in [0, 0.05) is 12.6 Å². The Labute approximate surface area is 115 Å². The Bertz CT molecular complexity index is 561. The van der Waals surface area contributed by atoms with Crippen LogP contribution in [0.3, 0.4) is 0 Å². The van der Waals surface area contributed by atoms with E-state index >= 15 is 0 Å². The molecule has 0 spiro atoms. The molecule has 2 rings (SSSR count). The fourth-order valence-electron chi connectivity index (χ4n) is 2.48. The van der Waals surface area contributed by atoms with Gasteiger partial charge >= 0.3 is 5.97 Å². The van der Waals surface area contributed by atoms with Gasteiger partial charge in [-0.2, -0.15) is 0 Å². The van der Waals surface area contributed by atoms with E-state index in [0.717, 1.165) is 17.0 Å². The van der Waals surface area contributed by atoms with Gasteiger partial charge in [-0.15, -0.1) is 0 Å². The van der Waals surface area contributed by atoms with Crippen molar-refractivity contribution in [3.05, 3.63) is 35.4 Å². The van der Waals surface area contributed by atoms with E-state index in [4.69, 9.17) is 0 Å². The molecule has 1 heterocycles. The highest BCUT2D eigenvalue weighted by atomic mass is 19.1. The Kier molecular flexibility index (Phi) is 3.74. The van der Waals surface area contributed by atoms with Crippen LogP contribution in [0.5, 0.6) is 0 Å². The molecule has 1 saturated heterocycles. The normalized spacial score (nSPS) is 22.6. The summed E-state index contributed by atoms with van der Waals surface area (Å²) in [6.45, 7) is 1.70. The molecule has 108 valence electrons. The number of hydrogen-bond acceptors (Lipinski definition) is 2. The van der Waals surface area contributed by atoms with Gasteiger partial charge in [0.1, 0.15) is 17.2 Å². The molecule has 0 bridgehead atoms. The lowest BCUT2D eigenvalue weighted by molar-refractivity contribution is -0.150. The molecule has 0 aliphatic carbocycles. The molecule has 0 saturated carbocycles. The van der Waals surface area contributed by atoms with Crippen molar-refractivity contribution < 1.29 is 23.5 Å². The fraction of sp³-hybridized carbons (Fsp3) is 0.429. The first-order valence-corrected chi connectivity index (χ1v) is 6.36. The van der Waals surface area contributed by atoms with Crippen LogP contribution in [-0.2, 0) is 4.79 Å². The van der Waals surface area contributed by atoms with Gasteiger partial charge in [-0.1, -0.05) is 0 Å². The zero-order valence-electron chi connectivity index (χ0n) is 11.0. The van der Waals surface area contributed by atoms with Crippen LogP contribution in [0.2, 0.25) is 0 Å². The minimum atomic E-state index is -1.35. The number of rotatable bonds is 2. The molecule has 0 radical (unpaired) electrons. The summed E-state index contributed by atoms with van der Waals surface area (Å²) in [5, 5.41) is 9.33. The highest BCUT2D eigenvalue weighted by Gasteiger charge is 2.44. The van der Waals surface area contributed by atoms with Gasteiger partial charge in [0.2, 0.25) is 0 Å². The van der Waals surface area contributed by atoms with Crippen molar-refractivity contribution in [1.29, 1.82) is 0 Å². The van der Waals surface area contributed by atoms with Crippen molar-refractivity contribution >= 4 is 11.9 Å². The Morgan fingerprint density at radius 3 is 2.60 bits per heavy atom. The largest absolute Gasteiger partial charge is 0.480 e. The lowest BCUT2D eigenvalue weighted by Gasteiger charge is -2.41. The maximum Gasteiger partial charge on any atom is 0.329 e. The zero-order valence-corrected chi connectivity index (χ0v) is 11.0. The molecule has 1 aromatic rings. The average molecular weight is 283 g/mol. The highest BCUT2D eigenvalue weighted by Crippen LogP contribution is 2.30. The number of halogens is 2. The molecule has 4 nitrogen and oxygen atoms in total. The lowest BCUT2D eigenvalue weighted by atomic mass is 9.88. The third-order valence-electron chi connectivity index (χ3n) is 3.76. The molecule has 1 N–H and O–H groups in total. The number of benzene rings is 1. The van der Waals surface area contributed by atoms with Crippen molar-refractivity contribution in [3.63, 3.8) is 0 Å². The monoisotopic (exact) mass is 283 g/mol. The number of carbonyl (C=O) groups is 2. The summed E-state index contributed by atoms with van der Waals surface area (Å²) in [4.78, 5) is 24.9. The van der Waals surface area contributed by atoms with Crippen LogP contribution in [0.15, 0.2) is 18.2 Å². The SMILES string of the molecule is CC1(C(=O)O)CCCCN1C(=O)c1ccc(F)cc1F. The Balaban J connectivity index is 2.37. The number of amides is 1. The standard InChI is InChI=1S/C14H15F2NO3/c1-14(13(19)20)6-2-3-7-17(14)12(18)10-5-4-9(15)8-11(10)16/h4-5,8H,2-3,6-7H2,1H3,(H,19,20). The summed E-state index contributed by atoms with van der Waals surface area (Å²) in [7, 11) is 0. The molecule has 1 fully saturated rings. The molecular formula is C14H15F2NO3. The quantitative estimate of drug-likeness (QED) is 0.907. The van der Waals surface area contributed by atoms with Crippen molar-refractivity contribution in [2.24, 2.45) is 0 Å². The van der Waals surface area contributed by atoms with Gasteiger partial charge in [0.25, 0.3) is 5.91 Å². The van der Waals surface area contributed by atoms with E-state index in [9.17, 15) is 23.5 Å². The second-order valence-electron chi connectivity index (χ2n) is 5.12. The van der Waals surface area contributed by atoms with Crippen LogP contribution in [0.1, 0.15) is 36.5 Å². The van der Waals surface area contributed by atoms with Crippen molar-refractivity contribution in [2.75, 3.05) is 6.54 Å². The minimum Gasteiger partial charge on any atom is -0.480 e. The van der Waals surface area contributed by atoms with Crippen molar-refractivity contribution in [2.45, 2.75) is 31.7 Å². The predicted octanol–water partition coefficient (Wildman–Crippen LogP) is 2.43. The summed E-state index contributed by atoms with van der Waals surface area (Å²) in [6.07, 6.45) is 1.67. The maximum atomic E-state index is 13.7. The van der Waals surface area contributed by atoms with E-state index in [2.05, 4.69) is 0 Å². The van der Waals surface area contributed by atoms with E-state index in [1.54, 1.807) is 0 Å². The number of likely N-dealkylation sites (tertiary alicyclic amines) is 1. The maximum absolute atomic E-state index is 13.7. The molecule has 20 heavy (non-hydrogen) atoms.